The van der Waals surface area contributed by atoms with Crippen LogP contribution < -0.4 is 4.74 Å². The topological polar surface area (TPSA) is 22.1 Å². The number of aromatic nitrogens is 1. The molecule has 0 aliphatic heterocycles. The summed E-state index contributed by atoms with van der Waals surface area (Å²) in [7, 11) is 0. The van der Waals surface area contributed by atoms with Crippen LogP contribution in [0, 0.1) is 18.8 Å². The average Bonchev–Trinajstić information content (AvgIpc) is 2.78. The molecule has 1 fully saturated rings. The number of unbranched alkanes of at least 4 members (excludes halogenated alkanes) is 4. The van der Waals surface area contributed by atoms with Gasteiger partial charge in [-0.05, 0) is 67.5 Å². The summed E-state index contributed by atoms with van der Waals surface area (Å²) in [5.41, 5.74) is 3.35. The second kappa shape index (κ2) is 12.8. The lowest BCUT2D eigenvalue weighted by atomic mass is 9.78. The molecule has 2 nitrogen and oxygen atoms in total. The summed E-state index contributed by atoms with van der Waals surface area (Å²) in [5.74, 6) is 2.92. The van der Waals surface area contributed by atoms with Crippen molar-refractivity contribution in [2.45, 2.75) is 90.9 Å². The fourth-order valence-electron chi connectivity index (χ4n) is 4.77. The van der Waals surface area contributed by atoms with Crippen molar-refractivity contribution >= 4 is 0 Å². The molecule has 0 amide bonds. The minimum Gasteiger partial charge on any atom is -0.494 e. The third-order valence-corrected chi connectivity index (χ3v) is 6.77. The zero-order valence-electron chi connectivity index (χ0n) is 19.2. The molecule has 0 bridgehead atoms. The maximum absolute atomic E-state index is 5.99. The molecule has 1 aliphatic rings. The van der Waals surface area contributed by atoms with Crippen LogP contribution in [0.1, 0.15) is 89.5 Å². The Balaban J connectivity index is 1.27. The maximum atomic E-state index is 5.99. The summed E-state index contributed by atoms with van der Waals surface area (Å²) in [5, 5.41) is 0. The number of rotatable bonds is 12. The lowest BCUT2D eigenvalue weighted by Gasteiger charge is -2.28. The normalized spacial score (nSPS) is 19.0. The molecule has 30 heavy (non-hydrogen) atoms. The van der Waals surface area contributed by atoms with Crippen LogP contribution in [-0.4, -0.2) is 11.6 Å². The third kappa shape index (κ3) is 7.78. The predicted octanol–water partition coefficient (Wildman–Crippen LogP) is 8.38. The van der Waals surface area contributed by atoms with Crippen molar-refractivity contribution in [1.82, 2.24) is 4.98 Å². The number of hydrogen-bond donors (Lipinski definition) is 0. The first-order chi connectivity index (χ1) is 14.7. The largest absolute Gasteiger partial charge is 0.494 e. The van der Waals surface area contributed by atoms with Crippen molar-refractivity contribution in [3.05, 3.63) is 48.2 Å². The fraction of sp³-hybridized carbons (Fsp3) is 0.607. The van der Waals surface area contributed by atoms with Crippen molar-refractivity contribution in [2.24, 2.45) is 11.8 Å². The molecule has 1 aromatic carbocycles. The van der Waals surface area contributed by atoms with Crippen LogP contribution in [0.25, 0.3) is 11.3 Å². The van der Waals surface area contributed by atoms with Gasteiger partial charge in [-0.1, -0.05) is 77.2 Å². The Morgan fingerprint density at radius 3 is 2.10 bits per heavy atom. The molecule has 0 spiro atoms. The standard InChI is InChI=1S/C28H41NO/c1-3-4-5-6-7-9-24-12-14-25(15-13-24)10-8-21-30-27-18-16-26(17-19-27)28-20-11-23(2)22-29-28/h11,16-20,22,24-25H,3-10,12-15,21H2,1-2H3. The molecule has 3 rings (SSSR count). The Hall–Kier alpha value is -1.83. The first-order valence-electron chi connectivity index (χ1n) is 12.4. The molecule has 2 aromatic rings. The molecule has 0 unspecified atom stereocenters. The number of benzene rings is 1. The number of hydrogen-bond acceptors (Lipinski definition) is 2. The van der Waals surface area contributed by atoms with E-state index in [9.17, 15) is 0 Å². The molecule has 0 N–H and O–H groups in total. The summed E-state index contributed by atoms with van der Waals surface area (Å²) in [6.45, 7) is 5.20. The molecule has 1 heterocycles. The van der Waals surface area contributed by atoms with Gasteiger partial charge < -0.3 is 4.74 Å². The van der Waals surface area contributed by atoms with Crippen molar-refractivity contribution in [2.75, 3.05) is 6.61 Å². The zero-order chi connectivity index (χ0) is 21.0. The van der Waals surface area contributed by atoms with Crippen molar-refractivity contribution in [3.63, 3.8) is 0 Å². The van der Waals surface area contributed by atoms with Crippen LogP contribution >= 0.6 is 0 Å². The average molecular weight is 408 g/mol. The van der Waals surface area contributed by atoms with Crippen LogP contribution in [0.5, 0.6) is 5.75 Å². The smallest absolute Gasteiger partial charge is 0.119 e. The molecule has 1 aliphatic carbocycles. The van der Waals surface area contributed by atoms with Gasteiger partial charge in [-0.25, -0.2) is 0 Å². The van der Waals surface area contributed by atoms with E-state index in [1.54, 1.807) is 0 Å². The van der Waals surface area contributed by atoms with Crippen LogP contribution in [0.4, 0.5) is 0 Å². The number of ether oxygens (including phenoxy) is 1. The molecule has 0 radical (unpaired) electrons. The summed E-state index contributed by atoms with van der Waals surface area (Å²) in [6.07, 6.45) is 18.8. The molecular weight excluding hydrogens is 366 g/mol. The van der Waals surface area contributed by atoms with Crippen LogP contribution in [-0.2, 0) is 0 Å². The zero-order valence-corrected chi connectivity index (χ0v) is 19.2. The molecule has 1 saturated carbocycles. The summed E-state index contributed by atoms with van der Waals surface area (Å²) >= 11 is 0. The van der Waals surface area contributed by atoms with Gasteiger partial charge in [0.05, 0.1) is 12.3 Å². The minimum absolute atomic E-state index is 0.833. The van der Waals surface area contributed by atoms with Crippen LogP contribution in [0.2, 0.25) is 0 Å². The van der Waals surface area contributed by atoms with Gasteiger partial charge in [0.25, 0.3) is 0 Å². The molecule has 1 aromatic heterocycles. The van der Waals surface area contributed by atoms with Gasteiger partial charge in [0.15, 0.2) is 0 Å². The highest BCUT2D eigenvalue weighted by Crippen LogP contribution is 2.34. The fourth-order valence-corrected chi connectivity index (χ4v) is 4.77. The van der Waals surface area contributed by atoms with Gasteiger partial charge in [0, 0.05) is 11.8 Å². The number of pyridine rings is 1. The van der Waals surface area contributed by atoms with E-state index in [0.717, 1.165) is 35.4 Å². The van der Waals surface area contributed by atoms with Crippen LogP contribution in [0.15, 0.2) is 42.6 Å². The lowest BCUT2D eigenvalue weighted by molar-refractivity contribution is 0.228. The van der Waals surface area contributed by atoms with E-state index in [4.69, 9.17) is 4.74 Å². The van der Waals surface area contributed by atoms with Crippen molar-refractivity contribution < 1.29 is 4.74 Å². The Morgan fingerprint density at radius 1 is 0.800 bits per heavy atom. The first-order valence-corrected chi connectivity index (χ1v) is 12.4. The molecule has 2 heteroatoms. The van der Waals surface area contributed by atoms with Gasteiger partial charge >= 0.3 is 0 Å². The highest BCUT2D eigenvalue weighted by Gasteiger charge is 2.20. The molecule has 164 valence electrons. The number of aryl methyl sites for hydroxylation is 1. The van der Waals surface area contributed by atoms with Crippen LogP contribution in [0.3, 0.4) is 0 Å². The molecular formula is C28H41NO. The monoisotopic (exact) mass is 407 g/mol. The van der Waals surface area contributed by atoms with E-state index in [0.29, 0.717) is 0 Å². The van der Waals surface area contributed by atoms with Crippen molar-refractivity contribution in [1.29, 1.82) is 0 Å². The van der Waals surface area contributed by atoms with E-state index >= 15 is 0 Å². The van der Waals surface area contributed by atoms with E-state index in [-0.39, 0.29) is 0 Å². The maximum Gasteiger partial charge on any atom is 0.119 e. The summed E-state index contributed by atoms with van der Waals surface area (Å²) in [4.78, 5) is 4.50. The SMILES string of the molecule is CCCCCCCC1CCC(CCCOc2ccc(-c3ccc(C)cn3)cc2)CC1. The Kier molecular flexibility index (Phi) is 9.73. The van der Waals surface area contributed by atoms with Crippen molar-refractivity contribution in [3.8, 4) is 17.0 Å². The Bertz CT molecular complexity index is 698. The lowest BCUT2D eigenvalue weighted by Crippen LogP contribution is -2.15. The predicted molar refractivity (Wildman–Crippen MR) is 128 cm³/mol. The van der Waals surface area contributed by atoms with Gasteiger partial charge in [0.2, 0.25) is 0 Å². The quantitative estimate of drug-likeness (QED) is 0.330. The third-order valence-electron chi connectivity index (χ3n) is 6.77. The second-order valence-electron chi connectivity index (χ2n) is 9.33. The van der Waals surface area contributed by atoms with Gasteiger partial charge in [-0.15, -0.1) is 0 Å². The number of nitrogens with zero attached hydrogens (tertiary/aromatic N) is 1. The summed E-state index contributed by atoms with van der Waals surface area (Å²) < 4.78 is 5.99. The second-order valence-corrected chi connectivity index (χ2v) is 9.33. The van der Waals surface area contributed by atoms with Gasteiger partial charge in [-0.2, -0.15) is 0 Å². The molecule has 0 saturated heterocycles. The van der Waals surface area contributed by atoms with E-state index < -0.39 is 0 Å². The first kappa shape index (κ1) is 22.8. The van der Waals surface area contributed by atoms with Gasteiger partial charge in [-0.3, -0.25) is 4.98 Å². The minimum atomic E-state index is 0.833. The van der Waals surface area contributed by atoms with E-state index in [1.807, 2.05) is 6.20 Å². The summed E-state index contributed by atoms with van der Waals surface area (Å²) in [6, 6.07) is 12.5. The van der Waals surface area contributed by atoms with E-state index in [1.165, 1.54) is 82.6 Å². The Labute approximate surface area is 184 Å². The molecule has 0 atom stereocenters. The highest BCUT2D eigenvalue weighted by molar-refractivity contribution is 5.60. The highest BCUT2D eigenvalue weighted by atomic mass is 16.5. The van der Waals surface area contributed by atoms with Gasteiger partial charge in [0.1, 0.15) is 5.75 Å². The Morgan fingerprint density at radius 2 is 1.47 bits per heavy atom. The van der Waals surface area contributed by atoms with E-state index in [2.05, 4.69) is 55.2 Å².